The lowest BCUT2D eigenvalue weighted by molar-refractivity contribution is -0.105. The monoisotopic (exact) mass is 140 g/mol. The summed E-state index contributed by atoms with van der Waals surface area (Å²) in [5.41, 5.74) is 6.68. The van der Waals surface area contributed by atoms with Crippen molar-refractivity contribution in [2.75, 3.05) is 6.54 Å². The predicted molar refractivity (Wildman–Crippen MR) is 39.1 cm³/mol. The standard InChI is InChI=1S/C7H12N2O/c8-6(5-10)7-3-1-2-4-9-7/h5,9H,1-4,8H2/b7-6+. The Hall–Kier alpha value is -0.990. The van der Waals surface area contributed by atoms with Gasteiger partial charge >= 0.3 is 0 Å². The van der Waals surface area contributed by atoms with Gasteiger partial charge in [0.1, 0.15) is 0 Å². The van der Waals surface area contributed by atoms with E-state index in [1.807, 2.05) is 0 Å². The molecule has 3 N–H and O–H groups in total. The molecule has 0 atom stereocenters. The van der Waals surface area contributed by atoms with Crippen molar-refractivity contribution in [1.82, 2.24) is 5.32 Å². The van der Waals surface area contributed by atoms with Crippen LogP contribution in [-0.2, 0) is 4.79 Å². The molecule has 1 saturated heterocycles. The maximum Gasteiger partial charge on any atom is 0.167 e. The first-order chi connectivity index (χ1) is 4.84. The van der Waals surface area contributed by atoms with Crippen LogP contribution in [0.3, 0.4) is 0 Å². The molecule has 1 aliphatic heterocycles. The van der Waals surface area contributed by atoms with Gasteiger partial charge in [-0.25, -0.2) is 0 Å². The van der Waals surface area contributed by atoms with Crippen molar-refractivity contribution in [3.05, 3.63) is 11.4 Å². The molecular formula is C7H12N2O. The Morgan fingerprint density at radius 2 is 2.40 bits per heavy atom. The summed E-state index contributed by atoms with van der Waals surface area (Å²) in [6, 6.07) is 0. The number of aldehydes is 1. The summed E-state index contributed by atoms with van der Waals surface area (Å²) in [4.78, 5) is 10.2. The second-order valence-electron chi connectivity index (χ2n) is 2.44. The van der Waals surface area contributed by atoms with E-state index in [4.69, 9.17) is 5.73 Å². The van der Waals surface area contributed by atoms with Crippen molar-refractivity contribution in [1.29, 1.82) is 0 Å². The smallest absolute Gasteiger partial charge is 0.167 e. The Balaban J connectivity index is 2.59. The van der Waals surface area contributed by atoms with Crippen LogP contribution in [0.2, 0.25) is 0 Å². The average Bonchev–Trinajstić information content (AvgIpc) is 2.05. The number of hydrogen-bond donors (Lipinski definition) is 2. The second-order valence-corrected chi connectivity index (χ2v) is 2.44. The summed E-state index contributed by atoms with van der Waals surface area (Å²) in [6.45, 7) is 0.948. The van der Waals surface area contributed by atoms with E-state index in [1.54, 1.807) is 0 Å². The molecule has 0 saturated carbocycles. The first-order valence-corrected chi connectivity index (χ1v) is 3.52. The molecule has 0 spiro atoms. The summed E-state index contributed by atoms with van der Waals surface area (Å²) in [5, 5.41) is 3.09. The van der Waals surface area contributed by atoms with Crippen LogP contribution in [-0.4, -0.2) is 12.8 Å². The maximum absolute atomic E-state index is 10.2. The number of carbonyl (C=O) groups is 1. The highest BCUT2D eigenvalue weighted by Crippen LogP contribution is 2.10. The number of nitrogens with one attached hydrogen (secondary N) is 1. The molecule has 0 aliphatic carbocycles. The zero-order valence-electron chi connectivity index (χ0n) is 5.89. The van der Waals surface area contributed by atoms with Crippen LogP contribution in [0.15, 0.2) is 11.4 Å². The minimum absolute atomic E-state index is 0.361. The van der Waals surface area contributed by atoms with Crippen LogP contribution in [0.25, 0.3) is 0 Å². The molecule has 0 aromatic carbocycles. The molecule has 3 heteroatoms. The largest absolute Gasteiger partial charge is 0.395 e. The fraction of sp³-hybridized carbons (Fsp3) is 0.571. The van der Waals surface area contributed by atoms with Crippen molar-refractivity contribution >= 4 is 6.29 Å². The SMILES string of the molecule is N/C(C=O)=C1\CCCCN1. The van der Waals surface area contributed by atoms with Crippen LogP contribution < -0.4 is 11.1 Å². The molecular weight excluding hydrogens is 128 g/mol. The Bertz CT molecular complexity index is 155. The zero-order valence-corrected chi connectivity index (χ0v) is 5.89. The molecule has 0 aromatic heterocycles. The minimum Gasteiger partial charge on any atom is -0.395 e. The summed E-state index contributed by atoms with van der Waals surface area (Å²) < 4.78 is 0. The summed E-state index contributed by atoms with van der Waals surface area (Å²) in [5.74, 6) is 0. The van der Waals surface area contributed by atoms with E-state index in [0.29, 0.717) is 12.0 Å². The summed E-state index contributed by atoms with van der Waals surface area (Å²) >= 11 is 0. The van der Waals surface area contributed by atoms with Gasteiger partial charge in [-0.15, -0.1) is 0 Å². The van der Waals surface area contributed by atoms with Gasteiger partial charge in [0, 0.05) is 12.2 Å². The number of carbonyl (C=O) groups excluding carboxylic acids is 1. The molecule has 0 unspecified atom stereocenters. The van der Waals surface area contributed by atoms with Gasteiger partial charge in [0.05, 0.1) is 5.70 Å². The lowest BCUT2D eigenvalue weighted by atomic mass is 10.1. The number of rotatable bonds is 1. The zero-order chi connectivity index (χ0) is 7.40. The van der Waals surface area contributed by atoms with Crippen LogP contribution >= 0.6 is 0 Å². The molecule has 0 aromatic rings. The highest BCUT2D eigenvalue weighted by molar-refractivity contribution is 5.72. The van der Waals surface area contributed by atoms with E-state index in [-0.39, 0.29) is 0 Å². The maximum atomic E-state index is 10.2. The van der Waals surface area contributed by atoms with E-state index in [1.165, 1.54) is 6.42 Å². The molecule has 1 aliphatic rings. The Morgan fingerprint density at radius 1 is 1.60 bits per heavy atom. The first kappa shape index (κ1) is 7.12. The quantitative estimate of drug-likeness (QED) is 0.402. The molecule has 3 nitrogen and oxygen atoms in total. The van der Waals surface area contributed by atoms with E-state index < -0.39 is 0 Å². The third-order valence-corrected chi connectivity index (χ3v) is 1.67. The molecule has 56 valence electrons. The van der Waals surface area contributed by atoms with Gasteiger partial charge in [-0.2, -0.15) is 0 Å². The first-order valence-electron chi connectivity index (χ1n) is 3.52. The Morgan fingerprint density at radius 3 is 2.90 bits per heavy atom. The van der Waals surface area contributed by atoms with Gasteiger partial charge in [-0.1, -0.05) is 0 Å². The molecule has 0 radical (unpaired) electrons. The van der Waals surface area contributed by atoms with Gasteiger partial charge in [0.15, 0.2) is 6.29 Å². The number of piperidine rings is 1. The van der Waals surface area contributed by atoms with Crippen molar-refractivity contribution < 1.29 is 4.79 Å². The second kappa shape index (κ2) is 3.25. The Labute approximate surface area is 60.3 Å². The van der Waals surface area contributed by atoms with Gasteiger partial charge in [-0.05, 0) is 19.3 Å². The van der Waals surface area contributed by atoms with E-state index in [2.05, 4.69) is 5.32 Å². The molecule has 0 amide bonds. The van der Waals surface area contributed by atoms with Crippen molar-refractivity contribution in [2.45, 2.75) is 19.3 Å². The number of hydrogen-bond acceptors (Lipinski definition) is 3. The Kier molecular flexibility index (Phi) is 2.31. The normalized spacial score (nSPS) is 23.2. The third-order valence-electron chi connectivity index (χ3n) is 1.67. The van der Waals surface area contributed by atoms with Crippen LogP contribution in [0, 0.1) is 0 Å². The summed E-state index contributed by atoms with van der Waals surface area (Å²) in [7, 11) is 0. The minimum atomic E-state index is 0.361. The fourth-order valence-corrected chi connectivity index (χ4v) is 1.07. The van der Waals surface area contributed by atoms with Crippen LogP contribution in [0.1, 0.15) is 19.3 Å². The predicted octanol–water partition coefficient (Wildman–Crippen LogP) is 0.129. The summed E-state index contributed by atoms with van der Waals surface area (Å²) in [6.07, 6.45) is 3.94. The van der Waals surface area contributed by atoms with Crippen molar-refractivity contribution in [2.24, 2.45) is 5.73 Å². The number of nitrogens with two attached hydrogens (primary N) is 1. The number of allylic oxidation sites excluding steroid dienone is 2. The average molecular weight is 140 g/mol. The van der Waals surface area contributed by atoms with Crippen molar-refractivity contribution in [3.8, 4) is 0 Å². The van der Waals surface area contributed by atoms with E-state index in [0.717, 1.165) is 25.1 Å². The molecule has 1 heterocycles. The lowest BCUT2D eigenvalue weighted by Crippen LogP contribution is -2.24. The molecule has 1 rings (SSSR count). The topological polar surface area (TPSA) is 55.1 Å². The van der Waals surface area contributed by atoms with Crippen molar-refractivity contribution in [3.63, 3.8) is 0 Å². The lowest BCUT2D eigenvalue weighted by Gasteiger charge is -2.16. The van der Waals surface area contributed by atoms with Crippen LogP contribution in [0.5, 0.6) is 0 Å². The molecule has 1 fully saturated rings. The van der Waals surface area contributed by atoms with E-state index in [9.17, 15) is 4.79 Å². The fourth-order valence-electron chi connectivity index (χ4n) is 1.07. The highest BCUT2D eigenvalue weighted by atomic mass is 16.1. The third kappa shape index (κ3) is 1.50. The van der Waals surface area contributed by atoms with Gasteiger partial charge in [0.2, 0.25) is 0 Å². The van der Waals surface area contributed by atoms with Gasteiger partial charge in [-0.3, -0.25) is 4.79 Å². The molecule has 10 heavy (non-hydrogen) atoms. The van der Waals surface area contributed by atoms with E-state index >= 15 is 0 Å². The highest BCUT2D eigenvalue weighted by Gasteiger charge is 2.06. The molecule has 0 bridgehead atoms. The van der Waals surface area contributed by atoms with Gasteiger partial charge < -0.3 is 11.1 Å². The van der Waals surface area contributed by atoms with Crippen LogP contribution in [0.4, 0.5) is 0 Å². The van der Waals surface area contributed by atoms with Gasteiger partial charge in [0.25, 0.3) is 0 Å².